The summed E-state index contributed by atoms with van der Waals surface area (Å²) in [4.78, 5) is 38.3. The van der Waals surface area contributed by atoms with Crippen LogP contribution < -0.4 is 9.67 Å². The van der Waals surface area contributed by atoms with E-state index in [4.69, 9.17) is 9.47 Å². The van der Waals surface area contributed by atoms with Crippen LogP contribution in [0.5, 0.6) is 0 Å². The molecule has 1 unspecified atom stereocenters. The van der Waals surface area contributed by atoms with Crippen LogP contribution in [0.15, 0.2) is 18.2 Å². The van der Waals surface area contributed by atoms with Gasteiger partial charge < -0.3 is 0 Å². The molecular formula is C22H31AsN2O5. The minimum absolute atomic E-state index is 0.0633. The first-order valence-electron chi connectivity index (χ1n) is 10.4. The molecule has 7 nitrogen and oxygen atoms in total. The second-order valence-electron chi connectivity index (χ2n) is 8.90. The van der Waals surface area contributed by atoms with Crippen molar-refractivity contribution < 1.29 is 23.9 Å². The fraction of sp³-hybridized carbons (Fsp3) is 0.591. The van der Waals surface area contributed by atoms with Gasteiger partial charge >= 0.3 is 184 Å². The van der Waals surface area contributed by atoms with Gasteiger partial charge in [0.15, 0.2) is 0 Å². The molecule has 0 spiro atoms. The van der Waals surface area contributed by atoms with Crippen molar-refractivity contribution in [1.29, 1.82) is 0 Å². The summed E-state index contributed by atoms with van der Waals surface area (Å²) >= 11 is -0.626. The zero-order valence-corrected chi connectivity index (χ0v) is 20.2. The molecular weight excluding hydrogens is 447 g/mol. The van der Waals surface area contributed by atoms with Crippen molar-refractivity contribution in [3.63, 3.8) is 0 Å². The molecule has 1 heterocycles. The number of ether oxygens (including phenoxy) is 2. The molecule has 1 aliphatic carbocycles. The van der Waals surface area contributed by atoms with Crippen molar-refractivity contribution in [1.82, 2.24) is 4.90 Å². The third-order valence-corrected chi connectivity index (χ3v) is 8.74. The van der Waals surface area contributed by atoms with Crippen LogP contribution in [0, 0.1) is 5.92 Å². The Morgan fingerprint density at radius 2 is 1.77 bits per heavy atom. The van der Waals surface area contributed by atoms with E-state index in [-0.39, 0.29) is 23.9 Å². The number of hydrogen-bond donors (Lipinski definition) is 1. The molecule has 1 aliphatic heterocycles. The summed E-state index contributed by atoms with van der Waals surface area (Å²) in [5.74, 6) is -0.189. The normalized spacial score (nSPS) is 17.8. The Morgan fingerprint density at radius 1 is 1.10 bits per heavy atom. The van der Waals surface area contributed by atoms with Gasteiger partial charge in [0, 0.05) is 0 Å². The molecule has 0 aromatic heterocycles. The first-order valence-corrected chi connectivity index (χ1v) is 12.7. The van der Waals surface area contributed by atoms with Crippen LogP contribution in [-0.4, -0.2) is 64.4 Å². The van der Waals surface area contributed by atoms with Crippen LogP contribution in [0.1, 0.15) is 56.8 Å². The van der Waals surface area contributed by atoms with Gasteiger partial charge in [0.2, 0.25) is 0 Å². The molecule has 1 aromatic carbocycles. The zero-order valence-electron chi connectivity index (χ0n) is 18.1. The Hall–Kier alpha value is -2.01. The first-order chi connectivity index (χ1) is 14.2. The van der Waals surface area contributed by atoms with Gasteiger partial charge in [0.05, 0.1) is 0 Å². The van der Waals surface area contributed by atoms with Crippen molar-refractivity contribution in [3.8, 4) is 0 Å². The molecule has 2 fully saturated rings. The van der Waals surface area contributed by atoms with Crippen molar-refractivity contribution in [2.75, 3.05) is 25.5 Å². The number of rotatable bonds is 5. The van der Waals surface area contributed by atoms with Crippen LogP contribution in [0.4, 0.5) is 10.5 Å². The molecule has 3 rings (SSSR count). The van der Waals surface area contributed by atoms with E-state index in [1.165, 1.54) is 7.11 Å². The molecule has 1 saturated carbocycles. The quantitative estimate of drug-likeness (QED) is 0.520. The molecule has 2 amide bonds. The molecule has 164 valence electrons. The van der Waals surface area contributed by atoms with Crippen molar-refractivity contribution in [2.45, 2.75) is 56.8 Å². The second-order valence-corrected chi connectivity index (χ2v) is 12.4. The summed E-state index contributed by atoms with van der Waals surface area (Å²) in [5.41, 5.74) is 0.825. The number of piperidine rings is 1. The summed E-state index contributed by atoms with van der Waals surface area (Å²) in [6.45, 7) is 6.95. The maximum absolute atomic E-state index is 12.3. The SMILES string of the molecule is COC(=O)c1ccc(NC(=O)C2CC2)c([AsH]C2CCN(C(=O)OC(C)(C)C)CC2)c1. The van der Waals surface area contributed by atoms with Crippen LogP contribution in [0.2, 0.25) is 4.71 Å². The van der Waals surface area contributed by atoms with Gasteiger partial charge in [-0.3, -0.25) is 0 Å². The molecule has 0 radical (unpaired) electrons. The van der Waals surface area contributed by atoms with Gasteiger partial charge in [0.1, 0.15) is 0 Å². The van der Waals surface area contributed by atoms with Gasteiger partial charge in [-0.05, 0) is 0 Å². The maximum atomic E-state index is 12.3. The number of esters is 1. The van der Waals surface area contributed by atoms with Crippen molar-refractivity contribution >= 4 is 43.8 Å². The monoisotopic (exact) mass is 478 g/mol. The van der Waals surface area contributed by atoms with Crippen LogP contribution in [0.25, 0.3) is 0 Å². The third-order valence-electron chi connectivity index (χ3n) is 5.15. The van der Waals surface area contributed by atoms with Gasteiger partial charge in [-0.15, -0.1) is 0 Å². The molecule has 1 atom stereocenters. The summed E-state index contributed by atoms with van der Waals surface area (Å²) in [5, 5.41) is 3.05. The fourth-order valence-electron chi connectivity index (χ4n) is 3.35. The Balaban J connectivity index is 1.66. The fourth-order valence-corrected chi connectivity index (χ4v) is 6.55. The van der Waals surface area contributed by atoms with Crippen LogP contribution in [0.3, 0.4) is 0 Å². The predicted molar refractivity (Wildman–Crippen MR) is 117 cm³/mol. The standard InChI is InChI=1S/C22H31AsN2O5/c1-22(2,3)30-21(28)25-11-9-16(10-12-25)23-17-13-15(20(27)29-4)7-8-18(17)24-19(26)14-5-6-14/h7-8,13-14,16,23H,5-6,9-12H2,1-4H3,(H,24,26). The number of carbonyl (C=O) groups is 3. The Bertz CT molecular complexity index is 808. The topological polar surface area (TPSA) is 84.9 Å². The molecule has 1 aromatic rings. The van der Waals surface area contributed by atoms with E-state index < -0.39 is 21.4 Å². The van der Waals surface area contributed by atoms with E-state index in [0.717, 1.165) is 35.7 Å². The molecule has 2 aliphatic rings. The van der Waals surface area contributed by atoms with E-state index in [0.29, 0.717) is 23.4 Å². The Morgan fingerprint density at radius 3 is 2.33 bits per heavy atom. The molecule has 30 heavy (non-hydrogen) atoms. The van der Waals surface area contributed by atoms with E-state index in [9.17, 15) is 14.4 Å². The van der Waals surface area contributed by atoms with E-state index in [1.54, 1.807) is 11.0 Å². The number of carbonyl (C=O) groups excluding carboxylic acids is 3. The van der Waals surface area contributed by atoms with E-state index in [2.05, 4.69) is 5.32 Å². The molecule has 1 N–H and O–H groups in total. The number of anilines is 1. The van der Waals surface area contributed by atoms with E-state index >= 15 is 0 Å². The number of likely N-dealkylation sites (tertiary alicyclic amines) is 1. The minimum atomic E-state index is -0.626. The van der Waals surface area contributed by atoms with Crippen molar-refractivity contribution in [3.05, 3.63) is 23.8 Å². The Labute approximate surface area is 184 Å². The average molecular weight is 478 g/mol. The number of amides is 2. The third kappa shape index (κ3) is 6.24. The van der Waals surface area contributed by atoms with Crippen molar-refractivity contribution in [2.24, 2.45) is 5.92 Å². The van der Waals surface area contributed by atoms with Crippen LogP contribution in [-0.2, 0) is 14.3 Å². The first kappa shape index (κ1) is 22.7. The van der Waals surface area contributed by atoms with Gasteiger partial charge in [0.25, 0.3) is 0 Å². The number of hydrogen-bond acceptors (Lipinski definition) is 5. The van der Waals surface area contributed by atoms with E-state index in [1.807, 2.05) is 32.9 Å². The average Bonchev–Trinajstić information content (AvgIpc) is 3.53. The second kappa shape index (κ2) is 9.42. The van der Waals surface area contributed by atoms with Gasteiger partial charge in [-0.25, -0.2) is 0 Å². The molecule has 8 heteroatoms. The van der Waals surface area contributed by atoms with Gasteiger partial charge in [-0.1, -0.05) is 0 Å². The number of benzene rings is 1. The molecule has 1 saturated heterocycles. The summed E-state index contributed by atoms with van der Waals surface area (Å²) < 4.78 is 11.9. The van der Waals surface area contributed by atoms with Gasteiger partial charge in [-0.2, -0.15) is 0 Å². The molecule has 0 bridgehead atoms. The number of methoxy groups -OCH3 is 1. The summed E-state index contributed by atoms with van der Waals surface area (Å²) in [6, 6.07) is 5.39. The zero-order chi connectivity index (χ0) is 21.9. The number of nitrogens with one attached hydrogen (secondary N) is 1. The summed E-state index contributed by atoms with van der Waals surface area (Å²) in [7, 11) is 1.37. The number of nitrogens with zero attached hydrogens (tertiary/aromatic N) is 1. The Kier molecular flexibility index (Phi) is 7.12. The van der Waals surface area contributed by atoms with Crippen LogP contribution >= 0.6 is 0 Å². The summed E-state index contributed by atoms with van der Waals surface area (Å²) in [6.07, 6.45) is 3.43. The predicted octanol–water partition coefficient (Wildman–Crippen LogP) is 2.70.